The smallest absolute Gasteiger partial charge is 0.257 e. The molecule has 0 bridgehead atoms. The molecule has 0 unspecified atom stereocenters. The van der Waals surface area contributed by atoms with Gasteiger partial charge < -0.3 is 4.90 Å². The molecule has 20 heavy (non-hydrogen) atoms. The second kappa shape index (κ2) is 6.89. The molecule has 1 aromatic carbocycles. The van der Waals surface area contributed by atoms with Gasteiger partial charge in [0.05, 0.1) is 11.8 Å². The van der Waals surface area contributed by atoms with E-state index in [-0.39, 0.29) is 5.91 Å². The molecule has 0 atom stereocenters. The molecule has 1 aromatic heterocycles. The Balaban J connectivity index is 1.74. The largest absolute Gasteiger partial charge is 0.342 e. The number of carbonyl (C=O) groups excluding carboxylic acids is 1. The lowest BCUT2D eigenvalue weighted by Gasteiger charge is -2.16. The summed E-state index contributed by atoms with van der Waals surface area (Å²) < 4.78 is 0. The summed E-state index contributed by atoms with van der Waals surface area (Å²) in [6, 6.07) is 10.4. The van der Waals surface area contributed by atoms with Crippen LogP contribution in [0.5, 0.6) is 0 Å². The average Bonchev–Trinajstić information content (AvgIpc) is 2.90. The molecule has 106 valence electrons. The lowest BCUT2D eigenvalue weighted by atomic mass is 10.1. The van der Waals surface area contributed by atoms with Gasteiger partial charge in [-0.25, -0.2) is 0 Å². The first-order valence-corrected chi connectivity index (χ1v) is 6.98. The van der Waals surface area contributed by atoms with Crippen molar-refractivity contribution in [1.29, 1.82) is 0 Å². The summed E-state index contributed by atoms with van der Waals surface area (Å²) in [5.74, 6) is 0.0379. The minimum absolute atomic E-state index is 0.0379. The molecule has 0 saturated heterocycles. The van der Waals surface area contributed by atoms with Crippen LogP contribution in [0.4, 0.5) is 0 Å². The normalized spacial score (nSPS) is 10.5. The van der Waals surface area contributed by atoms with E-state index in [9.17, 15) is 4.79 Å². The molecule has 4 nitrogen and oxygen atoms in total. The van der Waals surface area contributed by atoms with E-state index in [1.54, 1.807) is 11.1 Å². The second-order valence-corrected chi connectivity index (χ2v) is 5.08. The van der Waals surface area contributed by atoms with Crippen molar-refractivity contribution in [2.75, 3.05) is 13.6 Å². The second-order valence-electron chi connectivity index (χ2n) is 5.08. The number of aromatic nitrogens is 2. The number of nitrogens with one attached hydrogen (secondary N) is 1. The van der Waals surface area contributed by atoms with Gasteiger partial charge in [0.15, 0.2) is 0 Å². The first-order chi connectivity index (χ1) is 9.68. The number of unbranched alkanes of at least 4 members (excludes halogenated alkanes) is 1. The Labute approximate surface area is 119 Å². The van der Waals surface area contributed by atoms with Crippen molar-refractivity contribution in [1.82, 2.24) is 15.1 Å². The van der Waals surface area contributed by atoms with E-state index < -0.39 is 0 Å². The number of hydrogen-bond donors (Lipinski definition) is 1. The van der Waals surface area contributed by atoms with Crippen molar-refractivity contribution < 1.29 is 4.79 Å². The first kappa shape index (κ1) is 14.3. The van der Waals surface area contributed by atoms with Crippen LogP contribution >= 0.6 is 0 Å². The Bertz CT molecular complexity index is 548. The zero-order valence-corrected chi connectivity index (χ0v) is 12.1. The van der Waals surface area contributed by atoms with Gasteiger partial charge in [0.25, 0.3) is 5.91 Å². The summed E-state index contributed by atoms with van der Waals surface area (Å²) in [5, 5.41) is 6.68. The number of aryl methyl sites for hydroxylation is 2. The maximum atomic E-state index is 12.2. The fourth-order valence-corrected chi connectivity index (χ4v) is 2.20. The molecule has 0 aliphatic rings. The van der Waals surface area contributed by atoms with Gasteiger partial charge in [0.2, 0.25) is 0 Å². The summed E-state index contributed by atoms with van der Waals surface area (Å²) >= 11 is 0. The molecule has 1 amide bonds. The molecule has 4 heteroatoms. The third-order valence-electron chi connectivity index (χ3n) is 3.46. The number of hydrogen-bond acceptors (Lipinski definition) is 2. The van der Waals surface area contributed by atoms with E-state index in [0.29, 0.717) is 5.56 Å². The Morgan fingerprint density at radius 2 is 2.00 bits per heavy atom. The van der Waals surface area contributed by atoms with Gasteiger partial charge in [0.1, 0.15) is 0 Å². The van der Waals surface area contributed by atoms with Crippen LogP contribution < -0.4 is 0 Å². The van der Waals surface area contributed by atoms with Crippen molar-refractivity contribution in [2.45, 2.75) is 26.2 Å². The van der Waals surface area contributed by atoms with Gasteiger partial charge in [-0.1, -0.05) is 30.3 Å². The molecule has 0 aliphatic carbocycles. The van der Waals surface area contributed by atoms with Gasteiger partial charge in [-0.15, -0.1) is 0 Å². The molecule has 2 aromatic rings. The van der Waals surface area contributed by atoms with Crippen LogP contribution in [0.3, 0.4) is 0 Å². The molecular weight excluding hydrogens is 250 g/mol. The van der Waals surface area contributed by atoms with Gasteiger partial charge >= 0.3 is 0 Å². The standard InChI is InChI=1S/C16H21N3O/c1-13-15(12-17-18-13)16(20)19(2)11-7-6-10-14-8-4-3-5-9-14/h3-5,8-9,12H,6-7,10-11H2,1-2H3,(H,17,18). The highest BCUT2D eigenvalue weighted by Gasteiger charge is 2.14. The molecule has 0 radical (unpaired) electrons. The third-order valence-corrected chi connectivity index (χ3v) is 3.46. The number of nitrogens with zero attached hydrogens (tertiary/aromatic N) is 2. The Morgan fingerprint density at radius 3 is 2.65 bits per heavy atom. The Kier molecular flexibility index (Phi) is 4.93. The number of benzene rings is 1. The predicted octanol–water partition coefficient (Wildman–Crippen LogP) is 2.81. The molecular formula is C16H21N3O. The van der Waals surface area contributed by atoms with Crippen LogP contribution in [-0.4, -0.2) is 34.6 Å². The number of carbonyl (C=O) groups is 1. The monoisotopic (exact) mass is 271 g/mol. The fraction of sp³-hybridized carbons (Fsp3) is 0.375. The van der Waals surface area contributed by atoms with Crippen LogP contribution in [0.2, 0.25) is 0 Å². The molecule has 1 heterocycles. The van der Waals surface area contributed by atoms with Crippen LogP contribution in [-0.2, 0) is 6.42 Å². The van der Waals surface area contributed by atoms with Crippen molar-refractivity contribution in [3.63, 3.8) is 0 Å². The molecule has 0 saturated carbocycles. The molecule has 0 spiro atoms. The minimum Gasteiger partial charge on any atom is -0.342 e. The van der Waals surface area contributed by atoms with E-state index >= 15 is 0 Å². The Hall–Kier alpha value is -2.10. The highest BCUT2D eigenvalue weighted by Crippen LogP contribution is 2.09. The summed E-state index contributed by atoms with van der Waals surface area (Å²) in [7, 11) is 1.84. The third kappa shape index (κ3) is 3.70. The SMILES string of the molecule is Cc1[nH]ncc1C(=O)N(C)CCCCc1ccccc1. The molecule has 1 N–H and O–H groups in total. The number of H-pyrrole nitrogens is 1. The lowest BCUT2D eigenvalue weighted by Crippen LogP contribution is -2.28. The van der Waals surface area contributed by atoms with Gasteiger partial charge in [0, 0.05) is 19.3 Å². The average molecular weight is 271 g/mol. The zero-order valence-electron chi connectivity index (χ0n) is 12.1. The van der Waals surface area contributed by atoms with Crippen LogP contribution in [0.1, 0.15) is 34.5 Å². The van der Waals surface area contributed by atoms with Gasteiger partial charge in [-0.05, 0) is 31.7 Å². The first-order valence-electron chi connectivity index (χ1n) is 6.98. The van der Waals surface area contributed by atoms with Crippen molar-refractivity contribution in [3.05, 3.63) is 53.3 Å². The minimum atomic E-state index is 0.0379. The van der Waals surface area contributed by atoms with E-state index in [4.69, 9.17) is 0 Å². The van der Waals surface area contributed by atoms with Crippen molar-refractivity contribution >= 4 is 5.91 Å². The number of rotatable bonds is 6. The fourth-order valence-electron chi connectivity index (χ4n) is 2.20. The maximum absolute atomic E-state index is 12.2. The van der Waals surface area contributed by atoms with Crippen LogP contribution in [0, 0.1) is 6.92 Å². The van der Waals surface area contributed by atoms with E-state index in [1.165, 1.54) is 5.56 Å². The number of aromatic amines is 1. The Morgan fingerprint density at radius 1 is 1.25 bits per heavy atom. The highest BCUT2D eigenvalue weighted by atomic mass is 16.2. The summed E-state index contributed by atoms with van der Waals surface area (Å²) in [6.07, 6.45) is 4.76. The van der Waals surface area contributed by atoms with Gasteiger partial charge in [-0.3, -0.25) is 9.89 Å². The molecule has 0 fully saturated rings. The molecule has 0 aliphatic heterocycles. The molecule has 2 rings (SSSR count). The lowest BCUT2D eigenvalue weighted by molar-refractivity contribution is 0.0792. The predicted molar refractivity (Wildman–Crippen MR) is 79.7 cm³/mol. The number of amides is 1. The van der Waals surface area contributed by atoms with Crippen LogP contribution in [0.25, 0.3) is 0 Å². The van der Waals surface area contributed by atoms with Crippen LogP contribution in [0.15, 0.2) is 36.5 Å². The summed E-state index contributed by atoms with van der Waals surface area (Å²) in [6.45, 7) is 2.64. The van der Waals surface area contributed by atoms with Crippen molar-refractivity contribution in [3.8, 4) is 0 Å². The van der Waals surface area contributed by atoms with E-state index in [2.05, 4.69) is 34.5 Å². The van der Waals surface area contributed by atoms with Gasteiger partial charge in [-0.2, -0.15) is 5.10 Å². The summed E-state index contributed by atoms with van der Waals surface area (Å²) in [4.78, 5) is 13.9. The van der Waals surface area contributed by atoms with E-state index in [1.807, 2.05) is 20.0 Å². The zero-order chi connectivity index (χ0) is 14.4. The highest BCUT2D eigenvalue weighted by molar-refractivity contribution is 5.94. The quantitative estimate of drug-likeness (QED) is 0.821. The van der Waals surface area contributed by atoms with E-state index in [0.717, 1.165) is 31.5 Å². The van der Waals surface area contributed by atoms with Crippen molar-refractivity contribution in [2.24, 2.45) is 0 Å². The maximum Gasteiger partial charge on any atom is 0.257 e. The summed E-state index contributed by atoms with van der Waals surface area (Å²) in [5.41, 5.74) is 2.84. The topological polar surface area (TPSA) is 49.0 Å².